The molecule has 27 heavy (non-hydrogen) atoms. The van der Waals surface area contributed by atoms with Gasteiger partial charge in [0.2, 0.25) is 18.6 Å². The van der Waals surface area contributed by atoms with E-state index in [-0.39, 0.29) is 36.6 Å². The summed E-state index contributed by atoms with van der Waals surface area (Å²) < 4.78 is 23.8. The Morgan fingerprint density at radius 1 is 1.19 bits per heavy atom. The zero-order valence-corrected chi connectivity index (χ0v) is 15.4. The number of benzene rings is 2. The van der Waals surface area contributed by atoms with Crippen LogP contribution in [0.3, 0.4) is 0 Å². The normalized spacial score (nSPS) is 12.0. The predicted molar refractivity (Wildman–Crippen MR) is 98.3 cm³/mol. The number of nitrogens with zero attached hydrogens (tertiary/aromatic N) is 1. The van der Waals surface area contributed by atoms with E-state index in [4.69, 9.17) is 21.1 Å². The maximum absolute atomic E-state index is 13.2. The number of hydrogen-bond acceptors (Lipinski definition) is 4. The molecule has 1 aliphatic rings. The molecule has 0 saturated carbocycles. The van der Waals surface area contributed by atoms with Crippen molar-refractivity contribution in [2.75, 3.05) is 18.7 Å². The van der Waals surface area contributed by atoms with Gasteiger partial charge in [-0.2, -0.15) is 0 Å². The Labute approximate surface area is 160 Å². The summed E-state index contributed by atoms with van der Waals surface area (Å²) in [6, 6.07) is 9.40. The second-order valence-electron chi connectivity index (χ2n) is 6.06. The molecule has 0 atom stereocenters. The number of halogens is 2. The average molecular weight is 393 g/mol. The number of carbonyl (C=O) groups excluding carboxylic acids is 2. The average Bonchev–Trinajstić information content (AvgIpc) is 3.09. The monoisotopic (exact) mass is 392 g/mol. The van der Waals surface area contributed by atoms with Gasteiger partial charge in [0.05, 0.1) is 5.02 Å². The van der Waals surface area contributed by atoms with Gasteiger partial charge in [0.15, 0.2) is 11.5 Å². The summed E-state index contributed by atoms with van der Waals surface area (Å²) in [5, 5.41) is 2.57. The number of rotatable bonds is 6. The van der Waals surface area contributed by atoms with Crippen molar-refractivity contribution in [3.05, 3.63) is 52.8 Å². The molecule has 1 aliphatic heterocycles. The van der Waals surface area contributed by atoms with E-state index < -0.39 is 5.82 Å². The Bertz CT molecular complexity index is 875. The summed E-state index contributed by atoms with van der Waals surface area (Å²) >= 11 is 5.70. The summed E-state index contributed by atoms with van der Waals surface area (Å²) in [6.07, 6.45) is 0.0964. The van der Waals surface area contributed by atoms with Crippen molar-refractivity contribution in [1.29, 1.82) is 0 Å². The molecular weight excluding hydrogens is 375 g/mol. The van der Waals surface area contributed by atoms with Crippen LogP contribution in [0.1, 0.15) is 18.9 Å². The van der Waals surface area contributed by atoms with E-state index in [0.717, 1.165) is 5.56 Å². The van der Waals surface area contributed by atoms with Gasteiger partial charge in [-0.3, -0.25) is 9.59 Å². The van der Waals surface area contributed by atoms with Crippen LogP contribution in [0.4, 0.5) is 10.1 Å². The molecule has 1 heterocycles. The number of anilines is 1. The number of carbonyl (C=O) groups is 2. The van der Waals surface area contributed by atoms with Gasteiger partial charge in [0.25, 0.3) is 0 Å². The summed E-state index contributed by atoms with van der Waals surface area (Å²) in [6.45, 7) is 2.22. The first-order valence-electron chi connectivity index (χ1n) is 8.31. The molecule has 2 aromatic carbocycles. The second-order valence-corrected chi connectivity index (χ2v) is 6.46. The fraction of sp³-hybridized carbons (Fsp3) is 0.263. The number of ether oxygens (including phenoxy) is 2. The molecule has 6 nitrogen and oxygen atoms in total. The summed E-state index contributed by atoms with van der Waals surface area (Å²) in [7, 11) is 0. The third-order valence-electron chi connectivity index (χ3n) is 4.07. The van der Waals surface area contributed by atoms with Crippen LogP contribution in [0.25, 0.3) is 0 Å². The molecule has 1 N–H and O–H groups in total. The quantitative estimate of drug-likeness (QED) is 0.815. The molecular formula is C19H18ClFN2O4. The lowest BCUT2D eigenvalue weighted by Gasteiger charge is -2.21. The van der Waals surface area contributed by atoms with E-state index in [1.807, 2.05) is 12.1 Å². The molecule has 142 valence electrons. The molecule has 2 amide bonds. The van der Waals surface area contributed by atoms with Crippen LogP contribution in [-0.4, -0.2) is 30.1 Å². The van der Waals surface area contributed by atoms with Crippen molar-refractivity contribution in [2.24, 2.45) is 0 Å². The molecule has 0 unspecified atom stereocenters. The minimum atomic E-state index is -0.554. The highest BCUT2D eigenvalue weighted by Gasteiger charge is 2.16. The summed E-state index contributed by atoms with van der Waals surface area (Å²) in [5.74, 6) is 0.313. The van der Waals surface area contributed by atoms with E-state index in [0.29, 0.717) is 23.7 Å². The third-order valence-corrected chi connectivity index (χ3v) is 4.36. The molecule has 0 aliphatic carbocycles. The Hall–Kier alpha value is -2.80. The van der Waals surface area contributed by atoms with Gasteiger partial charge in [0, 0.05) is 32.1 Å². The van der Waals surface area contributed by atoms with Crippen LogP contribution in [0.5, 0.6) is 11.5 Å². The number of amides is 2. The first-order valence-corrected chi connectivity index (χ1v) is 8.69. The highest BCUT2D eigenvalue weighted by molar-refractivity contribution is 6.31. The number of fused-ring (bicyclic) bond motifs is 1. The summed E-state index contributed by atoms with van der Waals surface area (Å²) in [4.78, 5) is 25.6. The van der Waals surface area contributed by atoms with Crippen LogP contribution in [0.2, 0.25) is 5.02 Å². The van der Waals surface area contributed by atoms with Gasteiger partial charge in [-0.25, -0.2) is 4.39 Å². The Kier molecular flexibility index (Phi) is 5.81. The molecule has 3 rings (SSSR count). The molecule has 0 aromatic heterocycles. The van der Waals surface area contributed by atoms with E-state index in [1.165, 1.54) is 25.1 Å². The topological polar surface area (TPSA) is 67.9 Å². The molecule has 2 aromatic rings. The van der Waals surface area contributed by atoms with Gasteiger partial charge >= 0.3 is 0 Å². The van der Waals surface area contributed by atoms with E-state index >= 15 is 0 Å². The predicted octanol–water partition coefficient (Wildman–Crippen LogP) is 3.59. The van der Waals surface area contributed by atoms with Crippen molar-refractivity contribution in [3.63, 3.8) is 0 Å². The van der Waals surface area contributed by atoms with Crippen LogP contribution in [0.15, 0.2) is 36.4 Å². The highest BCUT2D eigenvalue weighted by atomic mass is 35.5. The first-order chi connectivity index (χ1) is 12.9. The highest BCUT2D eigenvalue weighted by Crippen LogP contribution is 2.32. The van der Waals surface area contributed by atoms with Gasteiger partial charge in [-0.05, 0) is 35.9 Å². The Morgan fingerprint density at radius 3 is 2.70 bits per heavy atom. The Balaban J connectivity index is 1.57. The molecule has 0 radical (unpaired) electrons. The van der Waals surface area contributed by atoms with Crippen molar-refractivity contribution in [2.45, 2.75) is 19.9 Å². The van der Waals surface area contributed by atoms with Crippen LogP contribution in [-0.2, 0) is 16.1 Å². The van der Waals surface area contributed by atoms with Gasteiger partial charge in [0.1, 0.15) is 5.82 Å². The smallest absolute Gasteiger partial charge is 0.231 e. The van der Waals surface area contributed by atoms with E-state index in [1.54, 1.807) is 11.0 Å². The standard InChI is InChI=1S/C19H18ClFN2O4/c1-12(24)23(10-13-2-5-17-18(8-13)27-11-26-17)7-6-19(25)22-14-3-4-16(21)15(20)9-14/h2-5,8-9H,6-7,10-11H2,1H3,(H,22,25). The fourth-order valence-electron chi connectivity index (χ4n) is 2.64. The van der Waals surface area contributed by atoms with Gasteiger partial charge in [-0.1, -0.05) is 17.7 Å². The zero-order valence-electron chi connectivity index (χ0n) is 14.6. The molecule has 0 spiro atoms. The first kappa shape index (κ1) is 19.0. The lowest BCUT2D eigenvalue weighted by molar-refractivity contribution is -0.129. The van der Waals surface area contributed by atoms with E-state index in [9.17, 15) is 14.0 Å². The third kappa shape index (κ3) is 4.89. The number of hydrogen-bond donors (Lipinski definition) is 1. The molecule has 8 heteroatoms. The van der Waals surface area contributed by atoms with Crippen molar-refractivity contribution in [1.82, 2.24) is 4.90 Å². The molecule has 0 fully saturated rings. The minimum absolute atomic E-state index is 0.0685. The lowest BCUT2D eigenvalue weighted by Crippen LogP contribution is -2.31. The minimum Gasteiger partial charge on any atom is -0.454 e. The largest absolute Gasteiger partial charge is 0.454 e. The maximum Gasteiger partial charge on any atom is 0.231 e. The van der Waals surface area contributed by atoms with Gasteiger partial charge in [-0.15, -0.1) is 0 Å². The second kappa shape index (κ2) is 8.26. The SMILES string of the molecule is CC(=O)N(CCC(=O)Nc1ccc(F)c(Cl)c1)Cc1ccc2c(c1)OCO2. The van der Waals surface area contributed by atoms with Crippen LogP contribution in [0, 0.1) is 5.82 Å². The maximum atomic E-state index is 13.2. The van der Waals surface area contributed by atoms with Crippen molar-refractivity contribution in [3.8, 4) is 11.5 Å². The summed E-state index contributed by atoms with van der Waals surface area (Å²) in [5.41, 5.74) is 1.27. The zero-order chi connectivity index (χ0) is 19.4. The number of nitrogens with one attached hydrogen (secondary N) is 1. The van der Waals surface area contributed by atoms with Crippen molar-refractivity contribution < 1.29 is 23.5 Å². The van der Waals surface area contributed by atoms with Crippen molar-refractivity contribution >= 4 is 29.1 Å². The fourth-order valence-corrected chi connectivity index (χ4v) is 2.82. The Morgan fingerprint density at radius 2 is 1.96 bits per heavy atom. The van der Waals surface area contributed by atoms with Crippen LogP contribution < -0.4 is 14.8 Å². The lowest BCUT2D eigenvalue weighted by atomic mass is 10.2. The van der Waals surface area contributed by atoms with Gasteiger partial charge < -0.3 is 19.7 Å². The van der Waals surface area contributed by atoms with Crippen LogP contribution >= 0.6 is 11.6 Å². The van der Waals surface area contributed by atoms with E-state index in [2.05, 4.69) is 5.32 Å². The molecule has 0 saturated heterocycles. The molecule has 0 bridgehead atoms.